The van der Waals surface area contributed by atoms with E-state index in [1.54, 1.807) is 0 Å². The third kappa shape index (κ3) is 4.33. The molecule has 2 rings (SSSR count). The Morgan fingerprint density at radius 3 is 2.24 bits per heavy atom. The Morgan fingerprint density at radius 2 is 1.67 bits per heavy atom. The van der Waals surface area contributed by atoms with E-state index in [0.29, 0.717) is 5.92 Å². The SMILES string of the molecule is CC1CCC(NC(=O)C2CCC(F)C(C(F)(F)F)C2)CC1. The molecular weight excluding hydrogens is 286 g/mol. The zero-order valence-corrected chi connectivity index (χ0v) is 12.3. The van der Waals surface area contributed by atoms with Crippen LogP contribution in [-0.4, -0.2) is 24.3 Å². The second-order valence-electron chi connectivity index (χ2n) is 6.64. The van der Waals surface area contributed by atoms with Gasteiger partial charge in [0.15, 0.2) is 0 Å². The van der Waals surface area contributed by atoms with Crippen LogP contribution in [0, 0.1) is 17.8 Å². The molecule has 2 nitrogen and oxygen atoms in total. The highest BCUT2D eigenvalue weighted by molar-refractivity contribution is 5.79. The largest absolute Gasteiger partial charge is 0.394 e. The maximum absolute atomic E-state index is 13.4. The molecule has 1 N–H and O–H groups in total. The summed E-state index contributed by atoms with van der Waals surface area (Å²) in [5.41, 5.74) is 0. The molecule has 0 spiro atoms. The molecule has 2 fully saturated rings. The average Bonchev–Trinajstić information content (AvgIpc) is 2.40. The Labute approximate surface area is 122 Å². The molecule has 0 aliphatic heterocycles. The van der Waals surface area contributed by atoms with Gasteiger partial charge in [-0.3, -0.25) is 4.79 Å². The number of carbonyl (C=O) groups is 1. The van der Waals surface area contributed by atoms with E-state index < -0.39 is 30.6 Å². The molecule has 0 aromatic heterocycles. The predicted molar refractivity (Wildman–Crippen MR) is 71.3 cm³/mol. The monoisotopic (exact) mass is 309 g/mol. The van der Waals surface area contributed by atoms with Gasteiger partial charge in [0, 0.05) is 12.0 Å². The van der Waals surface area contributed by atoms with E-state index in [1.807, 2.05) is 0 Å². The normalized spacial score (nSPS) is 38.0. The van der Waals surface area contributed by atoms with Crippen molar-refractivity contribution in [3.63, 3.8) is 0 Å². The Morgan fingerprint density at radius 1 is 1.05 bits per heavy atom. The Bertz CT molecular complexity index is 363. The lowest BCUT2D eigenvalue weighted by molar-refractivity contribution is -0.202. The molecule has 0 aromatic rings. The molecule has 1 amide bonds. The molecule has 0 bridgehead atoms. The van der Waals surface area contributed by atoms with Crippen molar-refractivity contribution in [2.24, 2.45) is 17.8 Å². The van der Waals surface area contributed by atoms with Crippen molar-refractivity contribution < 1.29 is 22.4 Å². The van der Waals surface area contributed by atoms with Crippen LogP contribution < -0.4 is 5.32 Å². The van der Waals surface area contributed by atoms with Crippen LogP contribution in [0.15, 0.2) is 0 Å². The van der Waals surface area contributed by atoms with Crippen LogP contribution in [0.1, 0.15) is 51.9 Å². The van der Waals surface area contributed by atoms with Gasteiger partial charge in [0.2, 0.25) is 5.91 Å². The minimum Gasteiger partial charge on any atom is -0.353 e. The van der Waals surface area contributed by atoms with Crippen LogP contribution in [0.3, 0.4) is 0 Å². The van der Waals surface area contributed by atoms with E-state index >= 15 is 0 Å². The highest BCUT2D eigenvalue weighted by atomic mass is 19.4. The summed E-state index contributed by atoms with van der Waals surface area (Å²) >= 11 is 0. The molecule has 3 unspecified atom stereocenters. The summed E-state index contributed by atoms with van der Waals surface area (Å²) in [6, 6.07) is 0.0705. The number of hydrogen-bond donors (Lipinski definition) is 1. The lowest BCUT2D eigenvalue weighted by Crippen LogP contribution is -2.45. The molecule has 2 aliphatic rings. The number of hydrogen-bond acceptors (Lipinski definition) is 1. The minimum atomic E-state index is -4.56. The van der Waals surface area contributed by atoms with E-state index in [-0.39, 0.29) is 24.8 Å². The van der Waals surface area contributed by atoms with Gasteiger partial charge < -0.3 is 5.32 Å². The summed E-state index contributed by atoms with van der Waals surface area (Å²) in [4.78, 5) is 12.1. The molecule has 2 saturated carbocycles. The van der Waals surface area contributed by atoms with Crippen LogP contribution in [0.5, 0.6) is 0 Å². The van der Waals surface area contributed by atoms with Crippen molar-refractivity contribution in [1.29, 1.82) is 0 Å². The zero-order chi connectivity index (χ0) is 15.6. The van der Waals surface area contributed by atoms with Crippen molar-refractivity contribution in [1.82, 2.24) is 5.32 Å². The minimum absolute atomic E-state index is 0.0705. The molecular formula is C15H23F4NO. The van der Waals surface area contributed by atoms with Gasteiger partial charge in [-0.2, -0.15) is 13.2 Å². The number of amides is 1. The van der Waals surface area contributed by atoms with Gasteiger partial charge in [-0.25, -0.2) is 4.39 Å². The van der Waals surface area contributed by atoms with Gasteiger partial charge in [0.1, 0.15) is 6.17 Å². The van der Waals surface area contributed by atoms with E-state index in [0.717, 1.165) is 25.7 Å². The van der Waals surface area contributed by atoms with Crippen LogP contribution in [0.25, 0.3) is 0 Å². The van der Waals surface area contributed by atoms with Crippen LogP contribution >= 0.6 is 0 Å². The second-order valence-corrected chi connectivity index (χ2v) is 6.64. The maximum Gasteiger partial charge on any atom is 0.394 e. The van der Waals surface area contributed by atoms with Crippen LogP contribution in [-0.2, 0) is 4.79 Å². The first-order valence-corrected chi connectivity index (χ1v) is 7.78. The van der Waals surface area contributed by atoms with Gasteiger partial charge in [0.05, 0.1) is 5.92 Å². The van der Waals surface area contributed by atoms with Gasteiger partial charge in [-0.1, -0.05) is 6.92 Å². The fourth-order valence-corrected chi connectivity index (χ4v) is 3.43. The molecule has 6 heteroatoms. The first-order valence-electron chi connectivity index (χ1n) is 7.78. The van der Waals surface area contributed by atoms with Crippen molar-refractivity contribution in [2.45, 2.75) is 70.3 Å². The van der Waals surface area contributed by atoms with Gasteiger partial charge >= 0.3 is 6.18 Å². The highest BCUT2D eigenvalue weighted by Gasteiger charge is 2.49. The lowest BCUT2D eigenvalue weighted by Gasteiger charge is -2.34. The molecule has 0 saturated heterocycles. The molecule has 0 aromatic carbocycles. The lowest BCUT2D eigenvalue weighted by atomic mass is 9.79. The van der Waals surface area contributed by atoms with E-state index in [4.69, 9.17) is 0 Å². The van der Waals surface area contributed by atoms with E-state index in [9.17, 15) is 22.4 Å². The van der Waals surface area contributed by atoms with Crippen LogP contribution in [0.2, 0.25) is 0 Å². The highest BCUT2D eigenvalue weighted by Crippen LogP contribution is 2.41. The first-order chi connectivity index (χ1) is 9.77. The third-order valence-corrected chi connectivity index (χ3v) is 4.92. The molecule has 0 heterocycles. The molecule has 122 valence electrons. The summed E-state index contributed by atoms with van der Waals surface area (Å²) in [7, 11) is 0. The van der Waals surface area contributed by atoms with Gasteiger partial charge in [0.25, 0.3) is 0 Å². The summed E-state index contributed by atoms with van der Waals surface area (Å²) in [6.45, 7) is 2.16. The molecule has 2 aliphatic carbocycles. The fourth-order valence-electron chi connectivity index (χ4n) is 3.43. The van der Waals surface area contributed by atoms with E-state index in [1.165, 1.54) is 0 Å². The topological polar surface area (TPSA) is 29.1 Å². The van der Waals surface area contributed by atoms with Gasteiger partial charge in [-0.15, -0.1) is 0 Å². The summed E-state index contributed by atoms with van der Waals surface area (Å²) < 4.78 is 51.7. The van der Waals surface area contributed by atoms with Gasteiger partial charge in [-0.05, 0) is 50.9 Å². The number of carbonyl (C=O) groups excluding carboxylic acids is 1. The Kier molecular flexibility index (Phi) is 5.15. The van der Waals surface area contributed by atoms with Crippen molar-refractivity contribution in [3.05, 3.63) is 0 Å². The number of rotatable bonds is 2. The van der Waals surface area contributed by atoms with E-state index in [2.05, 4.69) is 12.2 Å². The zero-order valence-electron chi connectivity index (χ0n) is 12.3. The molecule has 21 heavy (non-hydrogen) atoms. The average molecular weight is 309 g/mol. The molecule has 3 atom stereocenters. The van der Waals surface area contributed by atoms with Crippen molar-refractivity contribution >= 4 is 5.91 Å². The number of nitrogens with one attached hydrogen (secondary N) is 1. The number of alkyl halides is 4. The fraction of sp³-hybridized carbons (Fsp3) is 0.933. The maximum atomic E-state index is 13.4. The number of halogens is 4. The predicted octanol–water partition coefficient (Wildman–Crippen LogP) is 4.00. The summed E-state index contributed by atoms with van der Waals surface area (Å²) in [5, 5.41) is 2.87. The van der Waals surface area contributed by atoms with Crippen molar-refractivity contribution in [2.75, 3.05) is 0 Å². The standard InChI is InChI=1S/C15H23F4NO/c1-9-2-5-11(6-3-9)20-14(21)10-4-7-13(16)12(8-10)15(17,18)19/h9-13H,2-8H2,1H3,(H,20,21). The molecule has 0 radical (unpaired) electrons. The Hall–Kier alpha value is -0.810. The first kappa shape index (κ1) is 16.6. The quantitative estimate of drug-likeness (QED) is 0.768. The second kappa shape index (κ2) is 6.53. The Balaban J connectivity index is 1.88. The summed E-state index contributed by atoms with van der Waals surface area (Å²) in [6.07, 6.45) is -2.97. The van der Waals surface area contributed by atoms with Crippen LogP contribution in [0.4, 0.5) is 17.6 Å². The smallest absolute Gasteiger partial charge is 0.353 e. The van der Waals surface area contributed by atoms with Crippen molar-refractivity contribution in [3.8, 4) is 0 Å². The summed E-state index contributed by atoms with van der Waals surface area (Å²) in [5.74, 6) is -2.37. The third-order valence-electron chi connectivity index (χ3n) is 4.92.